The second-order valence-electron chi connectivity index (χ2n) is 5.88. The molecule has 2 aromatic carbocycles. The van der Waals surface area contributed by atoms with Crippen LogP contribution in [0.1, 0.15) is 15.9 Å². The number of carbonyl (C=O) groups excluding carboxylic acids is 1. The Morgan fingerprint density at radius 3 is 2.22 bits per heavy atom. The lowest BCUT2D eigenvalue weighted by Gasteiger charge is -2.19. The molecule has 0 bridgehead atoms. The van der Waals surface area contributed by atoms with Gasteiger partial charge in [-0.15, -0.1) is 13.2 Å². The van der Waals surface area contributed by atoms with Gasteiger partial charge in [-0.05, 0) is 55.0 Å². The van der Waals surface area contributed by atoms with Gasteiger partial charge in [-0.1, -0.05) is 12.2 Å². The van der Waals surface area contributed by atoms with Crippen LogP contribution in [0, 0.1) is 12.7 Å². The first kappa shape index (κ1) is 20.4. The van der Waals surface area contributed by atoms with Gasteiger partial charge in [0.05, 0.1) is 4.90 Å². The maximum atomic E-state index is 13.3. The fraction of sp³-hybridized carbons (Fsp3) is 0.150. The van der Waals surface area contributed by atoms with Crippen molar-refractivity contribution in [2.24, 2.45) is 0 Å². The molecule has 0 fully saturated rings. The fourth-order valence-electron chi connectivity index (χ4n) is 2.41. The van der Waals surface area contributed by atoms with Gasteiger partial charge in [0.15, 0.2) is 0 Å². The van der Waals surface area contributed by atoms with Crippen LogP contribution in [-0.2, 0) is 10.0 Å². The first-order valence-corrected chi connectivity index (χ1v) is 9.67. The average Bonchev–Trinajstić information content (AvgIpc) is 2.63. The van der Waals surface area contributed by atoms with E-state index in [0.717, 1.165) is 6.07 Å². The molecule has 0 aliphatic heterocycles. The maximum Gasteiger partial charge on any atom is 0.261 e. The molecule has 0 aliphatic carbocycles. The van der Waals surface area contributed by atoms with Gasteiger partial charge in [0.25, 0.3) is 15.9 Å². The molecular formula is C20H21FN2O3S. The molecule has 0 unspecified atom stereocenters. The Morgan fingerprint density at radius 2 is 1.70 bits per heavy atom. The van der Waals surface area contributed by atoms with Gasteiger partial charge in [-0.25, -0.2) is 12.8 Å². The number of anilines is 1. The lowest BCUT2D eigenvalue weighted by molar-refractivity contribution is 0.0791. The molecule has 0 aliphatic rings. The van der Waals surface area contributed by atoms with E-state index in [0.29, 0.717) is 24.3 Å². The van der Waals surface area contributed by atoms with E-state index in [4.69, 9.17) is 0 Å². The molecule has 0 aromatic heterocycles. The molecule has 27 heavy (non-hydrogen) atoms. The molecule has 0 radical (unpaired) electrons. The van der Waals surface area contributed by atoms with Crippen molar-refractivity contribution in [2.75, 3.05) is 17.8 Å². The van der Waals surface area contributed by atoms with Gasteiger partial charge in [0.2, 0.25) is 0 Å². The molecule has 142 valence electrons. The van der Waals surface area contributed by atoms with Gasteiger partial charge in [0.1, 0.15) is 5.82 Å². The van der Waals surface area contributed by atoms with Gasteiger partial charge in [-0.3, -0.25) is 9.52 Å². The number of sulfonamides is 1. The minimum absolute atomic E-state index is 0.0373. The van der Waals surface area contributed by atoms with Crippen LogP contribution in [0.3, 0.4) is 0 Å². The number of aryl methyl sites for hydroxylation is 1. The third-order valence-corrected chi connectivity index (χ3v) is 5.19. The number of benzene rings is 2. The Kier molecular flexibility index (Phi) is 6.52. The van der Waals surface area contributed by atoms with Crippen molar-refractivity contribution in [2.45, 2.75) is 11.8 Å². The van der Waals surface area contributed by atoms with Gasteiger partial charge < -0.3 is 4.90 Å². The number of rotatable bonds is 8. The third-order valence-electron chi connectivity index (χ3n) is 3.81. The zero-order valence-electron chi connectivity index (χ0n) is 15.0. The second-order valence-corrected chi connectivity index (χ2v) is 7.56. The van der Waals surface area contributed by atoms with Crippen molar-refractivity contribution in [1.29, 1.82) is 0 Å². The van der Waals surface area contributed by atoms with Crippen molar-refractivity contribution in [3.05, 3.63) is 84.7 Å². The van der Waals surface area contributed by atoms with Crippen LogP contribution in [0.4, 0.5) is 10.1 Å². The van der Waals surface area contributed by atoms with Crippen LogP contribution in [0.5, 0.6) is 0 Å². The van der Waals surface area contributed by atoms with Gasteiger partial charge >= 0.3 is 0 Å². The number of hydrogen-bond acceptors (Lipinski definition) is 3. The third kappa shape index (κ3) is 5.04. The zero-order chi connectivity index (χ0) is 20.0. The Labute approximate surface area is 158 Å². The molecule has 0 spiro atoms. The SMILES string of the molecule is C=CCN(CC=C)C(=O)c1ccc(NS(=O)(=O)c2ccc(F)c(C)c2)cc1. The summed E-state index contributed by atoms with van der Waals surface area (Å²) in [5.74, 6) is -0.682. The molecule has 0 saturated heterocycles. The highest BCUT2D eigenvalue weighted by atomic mass is 32.2. The Hall–Kier alpha value is -2.93. The Morgan fingerprint density at radius 1 is 1.11 bits per heavy atom. The van der Waals surface area contributed by atoms with Crippen molar-refractivity contribution < 1.29 is 17.6 Å². The fourth-order valence-corrected chi connectivity index (χ4v) is 3.56. The summed E-state index contributed by atoms with van der Waals surface area (Å²) >= 11 is 0. The van der Waals surface area contributed by atoms with Gasteiger partial charge in [-0.2, -0.15) is 0 Å². The highest BCUT2D eigenvalue weighted by Gasteiger charge is 2.17. The van der Waals surface area contributed by atoms with Crippen LogP contribution >= 0.6 is 0 Å². The van der Waals surface area contributed by atoms with E-state index < -0.39 is 15.8 Å². The molecule has 1 N–H and O–H groups in total. The molecule has 5 nitrogen and oxygen atoms in total. The molecule has 0 atom stereocenters. The first-order chi connectivity index (χ1) is 12.8. The number of nitrogens with one attached hydrogen (secondary N) is 1. The largest absolute Gasteiger partial charge is 0.331 e. The lowest BCUT2D eigenvalue weighted by atomic mass is 10.2. The summed E-state index contributed by atoms with van der Waals surface area (Å²) in [5, 5.41) is 0. The molecular weight excluding hydrogens is 367 g/mol. The van der Waals surface area contributed by atoms with E-state index in [2.05, 4.69) is 17.9 Å². The van der Waals surface area contributed by atoms with Crippen LogP contribution in [-0.4, -0.2) is 32.3 Å². The Bertz CT molecular complexity index is 944. The average molecular weight is 388 g/mol. The van der Waals surface area contributed by atoms with Crippen LogP contribution < -0.4 is 4.72 Å². The smallest absolute Gasteiger partial charge is 0.261 e. The number of hydrogen-bond donors (Lipinski definition) is 1. The van der Waals surface area contributed by atoms with Gasteiger partial charge in [0, 0.05) is 24.3 Å². The normalized spacial score (nSPS) is 10.9. The number of nitrogens with zero attached hydrogens (tertiary/aromatic N) is 1. The highest BCUT2D eigenvalue weighted by Crippen LogP contribution is 2.19. The summed E-state index contributed by atoms with van der Waals surface area (Å²) in [7, 11) is -3.86. The zero-order valence-corrected chi connectivity index (χ0v) is 15.8. The molecule has 7 heteroatoms. The van der Waals surface area contributed by atoms with E-state index >= 15 is 0 Å². The minimum Gasteiger partial charge on any atom is -0.331 e. The molecule has 2 rings (SSSR count). The van der Waals surface area contributed by atoms with Crippen LogP contribution in [0.25, 0.3) is 0 Å². The minimum atomic E-state index is -3.86. The molecule has 1 amide bonds. The molecule has 0 heterocycles. The molecule has 0 saturated carbocycles. The summed E-state index contributed by atoms with van der Waals surface area (Å²) in [6, 6.07) is 9.65. The number of amides is 1. The summed E-state index contributed by atoms with van der Waals surface area (Å²) in [5.41, 5.74) is 0.954. The van der Waals surface area contributed by atoms with E-state index in [1.165, 1.54) is 43.3 Å². The number of halogens is 1. The van der Waals surface area contributed by atoms with Crippen LogP contribution in [0.15, 0.2) is 72.7 Å². The van der Waals surface area contributed by atoms with E-state index in [1.807, 2.05) is 0 Å². The van der Waals surface area contributed by atoms with E-state index in [1.54, 1.807) is 17.1 Å². The quantitative estimate of drug-likeness (QED) is 0.701. The molecule has 2 aromatic rings. The van der Waals surface area contributed by atoms with Crippen molar-refractivity contribution in [1.82, 2.24) is 4.90 Å². The monoisotopic (exact) mass is 388 g/mol. The highest BCUT2D eigenvalue weighted by molar-refractivity contribution is 7.92. The first-order valence-electron chi connectivity index (χ1n) is 8.18. The standard InChI is InChI=1S/C20H21FN2O3S/c1-4-12-23(13-5-2)20(24)16-6-8-17(9-7-16)22-27(25,26)18-10-11-19(21)15(3)14-18/h4-11,14,22H,1-2,12-13H2,3H3. The van der Waals surface area contributed by atoms with Crippen LogP contribution in [0.2, 0.25) is 0 Å². The van der Waals surface area contributed by atoms with Crippen molar-refractivity contribution >= 4 is 21.6 Å². The number of carbonyl (C=O) groups is 1. The van der Waals surface area contributed by atoms with E-state index in [9.17, 15) is 17.6 Å². The van der Waals surface area contributed by atoms with Crippen molar-refractivity contribution in [3.63, 3.8) is 0 Å². The summed E-state index contributed by atoms with van der Waals surface area (Å²) in [6.45, 7) is 9.50. The van der Waals surface area contributed by atoms with E-state index in [-0.39, 0.29) is 16.4 Å². The topological polar surface area (TPSA) is 66.5 Å². The maximum absolute atomic E-state index is 13.3. The predicted molar refractivity (Wildman–Crippen MR) is 105 cm³/mol. The Balaban J connectivity index is 2.19. The predicted octanol–water partition coefficient (Wildman–Crippen LogP) is 3.75. The van der Waals surface area contributed by atoms with Crippen molar-refractivity contribution in [3.8, 4) is 0 Å². The summed E-state index contributed by atoms with van der Waals surface area (Å²) in [6.07, 6.45) is 3.24. The summed E-state index contributed by atoms with van der Waals surface area (Å²) < 4.78 is 40.6. The lowest BCUT2D eigenvalue weighted by Crippen LogP contribution is -2.31. The summed E-state index contributed by atoms with van der Waals surface area (Å²) in [4.78, 5) is 14.0. The second kappa shape index (κ2) is 8.64.